The highest BCUT2D eigenvalue weighted by Gasteiger charge is 2.17. The zero-order valence-corrected chi connectivity index (χ0v) is 14.0. The summed E-state index contributed by atoms with van der Waals surface area (Å²) in [5.74, 6) is 2.03. The lowest BCUT2D eigenvalue weighted by molar-refractivity contribution is -0.116. The van der Waals surface area contributed by atoms with Crippen LogP contribution in [0.5, 0.6) is 17.2 Å². The molecule has 2 rings (SSSR count). The van der Waals surface area contributed by atoms with Crippen molar-refractivity contribution in [3.63, 3.8) is 0 Å². The minimum absolute atomic E-state index is 0.194. The van der Waals surface area contributed by atoms with Gasteiger partial charge in [-0.3, -0.25) is 0 Å². The summed E-state index contributed by atoms with van der Waals surface area (Å²) in [5, 5.41) is 0. The molecule has 0 heterocycles. The van der Waals surface area contributed by atoms with Gasteiger partial charge in [0.2, 0.25) is 5.75 Å². The molecule has 2 aromatic carbocycles. The van der Waals surface area contributed by atoms with E-state index in [1.54, 1.807) is 28.3 Å². The van der Waals surface area contributed by atoms with Crippen LogP contribution in [-0.2, 0) is 11.2 Å². The summed E-state index contributed by atoms with van der Waals surface area (Å²) >= 11 is 0. The third-order valence-corrected chi connectivity index (χ3v) is 3.71. The van der Waals surface area contributed by atoms with Gasteiger partial charge in [-0.15, -0.1) is 0 Å². The standard InChI is InChI=1S/C19H22O4/c1-13(20)8-9-14-6-5-7-15(12-14)16-10-11-17(21-2)19(23-4)18(16)22-3/h5-7,10-12H,8-9H2,1-4H3. The summed E-state index contributed by atoms with van der Waals surface area (Å²) in [5.41, 5.74) is 3.06. The first-order valence-electron chi connectivity index (χ1n) is 7.48. The van der Waals surface area contributed by atoms with E-state index in [0.29, 0.717) is 23.7 Å². The average molecular weight is 314 g/mol. The van der Waals surface area contributed by atoms with Gasteiger partial charge in [-0.2, -0.15) is 0 Å². The summed E-state index contributed by atoms with van der Waals surface area (Å²) in [4.78, 5) is 11.2. The molecule has 0 aliphatic carbocycles. The number of hydrogen-bond acceptors (Lipinski definition) is 4. The second-order valence-corrected chi connectivity index (χ2v) is 5.28. The smallest absolute Gasteiger partial charge is 0.203 e. The minimum Gasteiger partial charge on any atom is -0.493 e. The molecule has 0 radical (unpaired) electrons. The Hall–Kier alpha value is -2.49. The van der Waals surface area contributed by atoms with E-state index in [1.165, 1.54) is 0 Å². The highest BCUT2D eigenvalue weighted by atomic mass is 16.5. The monoisotopic (exact) mass is 314 g/mol. The Kier molecular flexibility index (Phi) is 5.63. The first kappa shape index (κ1) is 16.9. The van der Waals surface area contributed by atoms with E-state index in [-0.39, 0.29) is 5.78 Å². The predicted octanol–water partition coefficient (Wildman–Crippen LogP) is 3.90. The van der Waals surface area contributed by atoms with Gasteiger partial charge in [0, 0.05) is 12.0 Å². The van der Waals surface area contributed by atoms with Crippen molar-refractivity contribution in [3.05, 3.63) is 42.0 Å². The highest BCUT2D eigenvalue weighted by Crippen LogP contribution is 2.44. The van der Waals surface area contributed by atoms with Crippen LogP contribution in [0, 0.1) is 0 Å². The van der Waals surface area contributed by atoms with E-state index in [2.05, 4.69) is 6.07 Å². The molecule has 0 N–H and O–H groups in total. The van der Waals surface area contributed by atoms with E-state index in [4.69, 9.17) is 14.2 Å². The van der Waals surface area contributed by atoms with E-state index in [9.17, 15) is 4.79 Å². The van der Waals surface area contributed by atoms with E-state index in [0.717, 1.165) is 23.1 Å². The van der Waals surface area contributed by atoms with Crippen molar-refractivity contribution in [2.75, 3.05) is 21.3 Å². The van der Waals surface area contributed by atoms with Crippen LogP contribution < -0.4 is 14.2 Å². The molecule has 4 nitrogen and oxygen atoms in total. The topological polar surface area (TPSA) is 44.8 Å². The lowest BCUT2D eigenvalue weighted by Gasteiger charge is -2.16. The van der Waals surface area contributed by atoms with Gasteiger partial charge < -0.3 is 19.0 Å². The third-order valence-electron chi connectivity index (χ3n) is 3.71. The van der Waals surface area contributed by atoms with Crippen LogP contribution in [0.3, 0.4) is 0 Å². The van der Waals surface area contributed by atoms with E-state index >= 15 is 0 Å². The van der Waals surface area contributed by atoms with Gasteiger partial charge in [0.25, 0.3) is 0 Å². The number of ether oxygens (including phenoxy) is 3. The molecule has 2 aromatic rings. The first-order chi connectivity index (χ1) is 11.1. The van der Waals surface area contributed by atoms with Crippen molar-refractivity contribution < 1.29 is 19.0 Å². The Morgan fingerprint density at radius 1 is 0.957 bits per heavy atom. The van der Waals surface area contributed by atoms with Crippen LogP contribution in [0.1, 0.15) is 18.9 Å². The molecular weight excluding hydrogens is 292 g/mol. The van der Waals surface area contributed by atoms with Crippen molar-refractivity contribution in [2.24, 2.45) is 0 Å². The maximum atomic E-state index is 11.2. The molecule has 0 atom stereocenters. The maximum absolute atomic E-state index is 11.2. The number of hydrogen-bond donors (Lipinski definition) is 0. The molecular formula is C19H22O4. The zero-order valence-electron chi connectivity index (χ0n) is 14.0. The van der Waals surface area contributed by atoms with Crippen molar-refractivity contribution in [1.29, 1.82) is 0 Å². The van der Waals surface area contributed by atoms with Gasteiger partial charge in [-0.05, 0) is 36.6 Å². The summed E-state index contributed by atoms with van der Waals surface area (Å²) < 4.78 is 16.3. The molecule has 0 aliphatic heterocycles. The number of carbonyl (C=O) groups excluding carboxylic acids is 1. The Labute approximate surface area is 137 Å². The van der Waals surface area contributed by atoms with Crippen molar-refractivity contribution in [1.82, 2.24) is 0 Å². The van der Waals surface area contributed by atoms with Crippen molar-refractivity contribution in [3.8, 4) is 28.4 Å². The number of Topliss-reactive ketones (excluding diaryl/α,β-unsaturated/α-hetero) is 1. The molecule has 0 aromatic heterocycles. The fourth-order valence-electron chi connectivity index (χ4n) is 2.54. The average Bonchev–Trinajstić information content (AvgIpc) is 2.58. The molecule has 23 heavy (non-hydrogen) atoms. The van der Waals surface area contributed by atoms with Crippen LogP contribution in [0.25, 0.3) is 11.1 Å². The van der Waals surface area contributed by atoms with Crippen LogP contribution >= 0.6 is 0 Å². The Morgan fingerprint density at radius 2 is 1.70 bits per heavy atom. The number of aryl methyl sites for hydroxylation is 1. The molecule has 4 heteroatoms. The number of carbonyl (C=O) groups is 1. The zero-order chi connectivity index (χ0) is 16.8. The van der Waals surface area contributed by atoms with Gasteiger partial charge in [-0.1, -0.05) is 24.3 Å². The fourth-order valence-corrected chi connectivity index (χ4v) is 2.54. The molecule has 0 saturated carbocycles. The molecule has 0 bridgehead atoms. The lowest BCUT2D eigenvalue weighted by atomic mass is 9.99. The Balaban J connectivity index is 2.45. The maximum Gasteiger partial charge on any atom is 0.203 e. The molecule has 0 fully saturated rings. The van der Waals surface area contributed by atoms with Crippen LogP contribution in [-0.4, -0.2) is 27.1 Å². The molecule has 0 amide bonds. The van der Waals surface area contributed by atoms with Gasteiger partial charge in [0.15, 0.2) is 11.5 Å². The fraction of sp³-hybridized carbons (Fsp3) is 0.316. The predicted molar refractivity (Wildman–Crippen MR) is 90.5 cm³/mol. The number of methoxy groups -OCH3 is 3. The normalized spacial score (nSPS) is 10.3. The van der Waals surface area contributed by atoms with Crippen LogP contribution in [0.4, 0.5) is 0 Å². The second kappa shape index (κ2) is 7.68. The molecule has 0 saturated heterocycles. The summed E-state index contributed by atoms with van der Waals surface area (Å²) in [6, 6.07) is 11.9. The van der Waals surface area contributed by atoms with Gasteiger partial charge in [0.05, 0.1) is 21.3 Å². The minimum atomic E-state index is 0.194. The molecule has 122 valence electrons. The molecule has 0 spiro atoms. The second-order valence-electron chi connectivity index (χ2n) is 5.28. The number of benzene rings is 2. The van der Waals surface area contributed by atoms with Gasteiger partial charge in [-0.25, -0.2) is 0 Å². The number of ketones is 1. The van der Waals surface area contributed by atoms with E-state index in [1.807, 2.05) is 30.3 Å². The summed E-state index contributed by atoms with van der Waals surface area (Å²) in [6.07, 6.45) is 1.28. The van der Waals surface area contributed by atoms with Crippen LogP contribution in [0.2, 0.25) is 0 Å². The molecule has 0 aliphatic rings. The first-order valence-corrected chi connectivity index (χ1v) is 7.48. The largest absolute Gasteiger partial charge is 0.493 e. The van der Waals surface area contributed by atoms with Gasteiger partial charge >= 0.3 is 0 Å². The highest BCUT2D eigenvalue weighted by molar-refractivity contribution is 5.77. The van der Waals surface area contributed by atoms with Crippen LogP contribution in [0.15, 0.2) is 36.4 Å². The molecule has 0 unspecified atom stereocenters. The Morgan fingerprint density at radius 3 is 2.30 bits per heavy atom. The SMILES string of the molecule is COc1ccc(-c2cccc(CCC(C)=O)c2)c(OC)c1OC. The third kappa shape index (κ3) is 3.83. The van der Waals surface area contributed by atoms with Gasteiger partial charge in [0.1, 0.15) is 5.78 Å². The summed E-state index contributed by atoms with van der Waals surface area (Å²) in [7, 11) is 4.80. The number of rotatable bonds is 7. The lowest BCUT2D eigenvalue weighted by Crippen LogP contribution is -1.97. The van der Waals surface area contributed by atoms with Crippen molar-refractivity contribution >= 4 is 5.78 Å². The summed E-state index contributed by atoms with van der Waals surface area (Å²) in [6.45, 7) is 1.61. The van der Waals surface area contributed by atoms with Crippen molar-refractivity contribution in [2.45, 2.75) is 19.8 Å². The van der Waals surface area contributed by atoms with E-state index < -0.39 is 0 Å². The quantitative estimate of drug-likeness (QED) is 0.777. The Bertz CT molecular complexity index is 692.